The van der Waals surface area contributed by atoms with E-state index in [1.807, 2.05) is 37.3 Å². The molecule has 4 aromatic rings. The summed E-state index contributed by atoms with van der Waals surface area (Å²) in [5.41, 5.74) is 5.23. The highest BCUT2D eigenvalue weighted by Gasteiger charge is 2.13. The van der Waals surface area contributed by atoms with Gasteiger partial charge in [-0.25, -0.2) is 0 Å². The normalized spacial score (nSPS) is 10.7. The lowest BCUT2D eigenvalue weighted by Crippen LogP contribution is -1.91. The van der Waals surface area contributed by atoms with Gasteiger partial charge in [-0.3, -0.25) is 9.97 Å². The van der Waals surface area contributed by atoms with Crippen molar-refractivity contribution in [2.24, 2.45) is 0 Å². The van der Waals surface area contributed by atoms with Gasteiger partial charge in [0.25, 0.3) is 0 Å². The van der Waals surface area contributed by atoms with Gasteiger partial charge in [0.1, 0.15) is 11.5 Å². The molecule has 2 aromatic carbocycles. The van der Waals surface area contributed by atoms with Crippen LogP contribution in [0.3, 0.4) is 0 Å². The average molecular weight is 414 g/mol. The van der Waals surface area contributed by atoms with E-state index >= 15 is 0 Å². The highest BCUT2D eigenvalue weighted by Crippen LogP contribution is 2.38. The largest absolute Gasteiger partial charge is 0.507 e. The molecular formula is C25H22N2O4. The molecule has 0 bridgehead atoms. The number of nitrogens with zero attached hydrogens (tertiary/aromatic N) is 2. The number of aromatic hydroxyl groups is 2. The molecule has 0 aliphatic heterocycles. The Bertz CT molecular complexity index is 1220. The summed E-state index contributed by atoms with van der Waals surface area (Å²) in [4.78, 5) is 9.01. The quantitative estimate of drug-likeness (QED) is 0.466. The maximum Gasteiger partial charge on any atom is 0.165 e. The second-order valence-corrected chi connectivity index (χ2v) is 7.11. The van der Waals surface area contributed by atoms with E-state index in [1.54, 1.807) is 43.8 Å². The SMILES string of the molecule is COc1ccc(O)c(-c2ccc(-c3ccc(-c4cc(C)cc(OC)c4O)cn3)nc2)c1. The van der Waals surface area contributed by atoms with Crippen LogP contribution in [0.4, 0.5) is 0 Å². The summed E-state index contributed by atoms with van der Waals surface area (Å²) < 4.78 is 10.5. The van der Waals surface area contributed by atoms with Gasteiger partial charge >= 0.3 is 0 Å². The predicted octanol–water partition coefficient (Wildman–Crippen LogP) is 5.21. The van der Waals surface area contributed by atoms with Gasteiger partial charge < -0.3 is 19.7 Å². The van der Waals surface area contributed by atoms with Crippen LogP contribution in [-0.2, 0) is 0 Å². The van der Waals surface area contributed by atoms with Crippen LogP contribution in [0.5, 0.6) is 23.0 Å². The van der Waals surface area contributed by atoms with Crippen molar-refractivity contribution >= 4 is 0 Å². The van der Waals surface area contributed by atoms with E-state index in [0.29, 0.717) is 34.0 Å². The number of rotatable bonds is 5. The average Bonchev–Trinajstić information content (AvgIpc) is 2.81. The number of hydrogen-bond donors (Lipinski definition) is 2. The van der Waals surface area contributed by atoms with Crippen LogP contribution in [0.2, 0.25) is 0 Å². The first-order valence-electron chi connectivity index (χ1n) is 9.68. The summed E-state index contributed by atoms with van der Waals surface area (Å²) in [7, 11) is 3.11. The number of ether oxygens (including phenoxy) is 2. The fourth-order valence-corrected chi connectivity index (χ4v) is 3.40. The van der Waals surface area contributed by atoms with Crippen LogP contribution in [0.15, 0.2) is 67.0 Å². The molecule has 156 valence electrons. The lowest BCUT2D eigenvalue weighted by Gasteiger charge is -2.11. The van der Waals surface area contributed by atoms with E-state index in [4.69, 9.17) is 9.47 Å². The molecule has 0 aliphatic rings. The third kappa shape index (κ3) is 4.00. The second kappa shape index (κ2) is 8.36. The summed E-state index contributed by atoms with van der Waals surface area (Å²) >= 11 is 0. The van der Waals surface area contributed by atoms with Crippen molar-refractivity contribution in [3.8, 4) is 56.6 Å². The van der Waals surface area contributed by atoms with E-state index in [1.165, 1.54) is 7.11 Å². The summed E-state index contributed by atoms with van der Waals surface area (Å²) in [6.07, 6.45) is 3.39. The fourth-order valence-electron chi connectivity index (χ4n) is 3.40. The van der Waals surface area contributed by atoms with Crippen LogP contribution < -0.4 is 9.47 Å². The molecule has 0 fully saturated rings. The number of pyridine rings is 2. The van der Waals surface area contributed by atoms with E-state index < -0.39 is 0 Å². The molecule has 0 spiro atoms. The van der Waals surface area contributed by atoms with E-state index in [9.17, 15) is 10.2 Å². The van der Waals surface area contributed by atoms with E-state index in [2.05, 4.69) is 9.97 Å². The number of hydrogen-bond acceptors (Lipinski definition) is 6. The third-order valence-corrected chi connectivity index (χ3v) is 5.05. The molecule has 0 unspecified atom stereocenters. The van der Waals surface area contributed by atoms with Crippen molar-refractivity contribution in [1.29, 1.82) is 0 Å². The van der Waals surface area contributed by atoms with Crippen LogP contribution >= 0.6 is 0 Å². The summed E-state index contributed by atoms with van der Waals surface area (Å²) in [6.45, 7) is 1.94. The standard InChI is InChI=1S/C25H22N2O4/c1-15-10-20(25(29)24(11-15)31-3)17-5-8-22(27-14-17)21-7-4-16(13-26-21)19-12-18(30-2)6-9-23(19)28/h4-14,28-29H,1-3H3. The van der Waals surface area contributed by atoms with Gasteiger partial charge in [-0.15, -0.1) is 0 Å². The highest BCUT2D eigenvalue weighted by atomic mass is 16.5. The van der Waals surface area contributed by atoms with Crippen molar-refractivity contribution in [2.75, 3.05) is 14.2 Å². The van der Waals surface area contributed by atoms with Gasteiger partial charge in [-0.05, 0) is 55.0 Å². The molecule has 0 aliphatic carbocycles. The Labute approximate surface area is 180 Å². The number of phenolic OH excluding ortho intramolecular Hbond substituents is 2. The van der Waals surface area contributed by atoms with Crippen molar-refractivity contribution in [3.05, 3.63) is 72.6 Å². The first-order valence-corrected chi connectivity index (χ1v) is 9.68. The lowest BCUT2D eigenvalue weighted by molar-refractivity contribution is 0.374. The fraction of sp³-hybridized carbons (Fsp3) is 0.120. The Kier molecular flexibility index (Phi) is 5.45. The number of aromatic nitrogens is 2. The first-order chi connectivity index (χ1) is 15.0. The molecule has 6 nitrogen and oxygen atoms in total. The van der Waals surface area contributed by atoms with Gasteiger partial charge in [0, 0.05) is 34.6 Å². The van der Waals surface area contributed by atoms with Gasteiger partial charge in [-0.2, -0.15) is 0 Å². The van der Waals surface area contributed by atoms with Gasteiger partial charge in [0.15, 0.2) is 11.5 Å². The minimum Gasteiger partial charge on any atom is -0.507 e. The minimum absolute atomic E-state index is 0.0863. The molecule has 2 heterocycles. The Morgan fingerprint density at radius 3 is 1.90 bits per heavy atom. The summed E-state index contributed by atoms with van der Waals surface area (Å²) in [5, 5.41) is 20.6. The molecule has 0 atom stereocenters. The molecule has 4 rings (SSSR count). The van der Waals surface area contributed by atoms with Gasteiger partial charge in [0.2, 0.25) is 0 Å². The topological polar surface area (TPSA) is 84.7 Å². The van der Waals surface area contributed by atoms with Gasteiger partial charge in [-0.1, -0.05) is 12.1 Å². The number of phenols is 2. The van der Waals surface area contributed by atoms with Crippen LogP contribution in [-0.4, -0.2) is 34.4 Å². The van der Waals surface area contributed by atoms with Gasteiger partial charge in [0.05, 0.1) is 25.6 Å². The van der Waals surface area contributed by atoms with Crippen molar-refractivity contribution in [2.45, 2.75) is 6.92 Å². The van der Waals surface area contributed by atoms with Crippen LogP contribution in [0.25, 0.3) is 33.6 Å². The Balaban J connectivity index is 1.63. The predicted molar refractivity (Wildman–Crippen MR) is 120 cm³/mol. The molecule has 31 heavy (non-hydrogen) atoms. The number of benzene rings is 2. The van der Waals surface area contributed by atoms with E-state index in [0.717, 1.165) is 16.7 Å². The zero-order valence-electron chi connectivity index (χ0n) is 17.5. The first kappa shape index (κ1) is 20.2. The molecule has 2 N–H and O–H groups in total. The minimum atomic E-state index is 0.0863. The van der Waals surface area contributed by atoms with Crippen molar-refractivity contribution < 1.29 is 19.7 Å². The summed E-state index contributed by atoms with van der Waals surface area (Å²) in [6, 6.07) is 16.2. The van der Waals surface area contributed by atoms with E-state index in [-0.39, 0.29) is 11.5 Å². The Morgan fingerprint density at radius 1 is 0.710 bits per heavy atom. The molecule has 0 saturated heterocycles. The Morgan fingerprint density at radius 2 is 1.35 bits per heavy atom. The number of aryl methyl sites for hydroxylation is 1. The molecule has 0 amide bonds. The third-order valence-electron chi connectivity index (χ3n) is 5.05. The second-order valence-electron chi connectivity index (χ2n) is 7.11. The van der Waals surface area contributed by atoms with Crippen molar-refractivity contribution in [3.63, 3.8) is 0 Å². The monoisotopic (exact) mass is 414 g/mol. The highest BCUT2D eigenvalue weighted by molar-refractivity contribution is 5.75. The molecule has 0 saturated carbocycles. The number of methoxy groups -OCH3 is 2. The maximum absolute atomic E-state index is 10.5. The Hall–Kier alpha value is -4.06. The van der Waals surface area contributed by atoms with Crippen molar-refractivity contribution in [1.82, 2.24) is 9.97 Å². The zero-order chi connectivity index (χ0) is 22.0. The molecular weight excluding hydrogens is 392 g/mol. The zero-order valence-corrected chi connectivity index (χ0v) is 17.5. The molecule has 2 aromatic heterocycles. The molecule has 0 radical (unpaired) electrons. The maximum atomic E-state index is 10.5. The van der Waals surface area contributed by atoms with Crippen LogP contribution in [0.1, 0.15) is 5.56 Å². The molecule has 6 heteroatoms. The smallest absolute Gasteiger partial charge is 0.165 e. The van der Waals surface area contributed by atoms with Crippen LogP contribution in [0, 0.1) is 6.92 Å². The lowest BCUT2D eigenvalue weighted by atomic mass is 10.0. The summed E-state index contributed by atoms with van der Waals surface area (Å²) in [5.74, 6) is 1.33.